The second-order valence-corrected chi connectivity index (χ2v) is 12.0. The molecule has 0 unspecified atom stereocenters. The van der Waals surface area contributed by atoms with E-state index in [1.54, 1.807) is 25.3 Å². The van der Waals surface area contributed by atoms with E-state index in [1.807, 2.05) is 36.1 Å². The van der Waals surface area contributed by atoms with E-state index >= 15 is 0 Å². The van der Waals surface area contributed by atoms with Gasteiger partial charge in [0.1, 0.15) is 41.6 Å². The fraction of sp³-hybridized carbons (Fsp3) is 0.303. The number of imidazole rings is 1. The fourth-order valence-corrected chi connectivity index (χ4v) is 6.73. The maximum absolute atomic E-state index is 14.8. The number of hydrogen-bond acceptors (Lipinski definition) is 10. The molecule has 13 nitrogen and oxygen atoms in total. The quantitative estimate of drug-likeness (QED) is 0.279. The molecule has 1 amide bonds. The Labute approximate surface area is 272 Å². The Hall–Kier alpha value is -5.57. The lowest BCUT2D eigenvalue weighted by molar-refractivity contribution is -0.133. The molecule has 2 aliphatic heterocycles. The summed E-state index contributed by atoms with van der Waals surface area (Å²) in [5.74, 6) is -0.421. The first-order valence-electron chi connectivity index (χ1n) is 15.4. The van der Waals surface area contributed by atoms with Gasteiger partial charge in [-0.05, 0) is 31.2 Å². The number of para-hydroxylation sites is 1. The van der Waals surface area contributed by atoms with E-state index in [1.165, 1.54) is 23.3 Å². The molecule has 1 saturated heterocycles. The van der Waals surface area contributed by atoms with Gasteiger partial charge in [-0.25, -0.2) is 33.4 Å². The monoisotopic (exact) mass is 652 g/mol. The number of carbonyl (C=O) groups is 1. The van der Waals surface area contributed by atoms with Gasteiger partial charge in [-0.1, -0.05) is 12.1 Å². The molecule has 2 aromatic carbocycles. The van der Waals surface area contributed by atoms with E-state index in [0.717, 1.165) is 34.6 Å². The maximum Gasteiger partial charge on any atom is 0.317 e. The molecule has 6 aromatic rings. The zero-order valence-corrected chi connectivity index (χ0v) is 26.3. The van der Waals surface area contributed by atoms with Crippen LogP contribution in [0.1, 0.15) is 12.2 Å². The minimum atomic E-state index is -0.790. The summed E-state index contributed by atoms with van der Waals surface area (Å²) >= 11 is 0. The van der Waals surface area contributed by atoms with Gasteiger partial charge >= 0.3 is 6.01 Å². The molecular formula is C33H30F2N10O3. The summed E-state index contributed by atoms with van der Waals surface area (Å²) in [6.07, 6.45) is 3.98. The summed E-state index contributed by atoms with van der Waals surface area (Å²) < 4.78 is 44.1. The lowest BCUT2D eigenvalue weighted by Crippen LogP contribution is -2.47. The Morgan fingerprint density at radius 1 is 1.02 bits per heavy atom. The van der Waals surface area contributed by atoms with E-state index in [4.69, 9.17) is 19.4 Å². The molecule has 4 bridgehead atoms. The van der Waals surface area contributed by atoms with E-state index in [2.05, 4.69) is 24.6 Å². The standard InChI is InChI=1S/C33H30F2N10O3/c1-18-40-26-6-4-5-22-25-9-10-36-33(41-25)48-20-12-28(32(46)42(2)14-21(47-3)16-43(18)29(22)26)44(15-20)30-23-13-39-45(31(23)38-17-37-30)27-8-7-19(34)11-24(27)35/h4-11,13,17,20-21,28H,12,14-16H2,1-3H3/t20-,21+,28-/m0/s1. The number of fused-ring (bicyclic) bond motifs is 6. The highest BCUT2D eigenvalue weighted by Gasteiger charge is 2.42. The second-order valence-electron chi connectivity index (χ2n) is 12.0. The largest absolute Gasteiger partial charge is 0.458 e. The van der Waals surface area contributed by atoms with E-state index in [0.29, 0.717) is 42.1 Å². The van der Waals surface area contributed by atoms with Crippen molar-refractivity contribution in [2.24, 2.45) is 0 Å². The highest BCUT2D eigenvalue weighted by Crippen LogP contribution is 2.34. The number of amides is 1. The summed E-state index contributed by atoms with van der Waals surface area (Å²) in [5.41, 5.74) is 3.61. The van der Waals surface area contributed by atoms with Crippen molar-refractivity contribution in [2.45, 2.75) is 38.1 Å². The van der Waals surface area contributed by atoms with Gasteiger partial charge in [0.05, 0.1) is 47.5 Å². The van der Waals surface area contributed by atoms with Gasteiger partial charge in [-0.3, -0.25) is 4.79 Å². The van der Waals surface area contributed by atoms with Crippen LogP contribution < -0.4 is 9.64 Å². The van der Waals surface area contributed by atoms with Crippen LogP contribution in [0.15, 0.2) is 61.2 Å². The van der Waals surface area contributed by atoms with E-state index < -0.39 is 23.8 Å². The molecule has 244 valence electrons. The number of ether oxygens (including phenoxy) is 2. The third-order valence-electron chi connectivity index (χ3n) is 9.01. The average Bonchev–Trinajstić information content (AvgIpc) is 3.79. The molecule has 0 N–H and O–H groups in total. The molecule has 2 aliphatic rings. The molecule has 4 aromatic heterocycles. The number of likely N-dealkylation sites (N-methyl/N-ethyl adjacent to an activating group) is 1. The highest BCUT2D eigenvalue weighted by molar-refractivity contribution is 5.93. The molecule has 8 rings (SSSR count). The lowest BCUT2D eigenvalue weighted by Gasteiger charge is -2.30. The van der Waals surface area contributed by atoms with Crippen molar-refractivity contribution in [1.82, 2.24) is 44.2 Å². The van der Waals surface area contributed by atoms with Crippen molar-refractivity contribution in [3.8, 4) is 23.0 Å². The average molecular weight is 653 g/mol. The van der Waals surface area contributed by atoms with Crippen LogP contribution >= 0.6 is 0 Å². The van der Waals surface area contributed by atoms with Gasteiger partial charge in [-0.2, -0.15) is 10.1 Å². The predicted molar refractivity (Wildman–Crippen MR) is 171 cm³/mol. The zero-order chi connectivity index (χ0) is 33.1. The number of halogens is 2. The molecule has 1 fully saturated rings. The van der Waals surface area contributed by atoms with Crippen molar-refractivity contribution in [3.05, 3.63) is 78.6 Å². The first kappa shape index (κ1) is 29.8. The van der Waals surface area contributed by atoms with Crippen molar-refractivity contribution in [2.75, 3.05) is 32.1 Å². The van der Waals surface area contributed by atoms with Crippen LogP contribution in [0.25, 0.3) is 39.0 Å². The number of nitrogens with zero attached hydrogens (tertiary/aromatic N) is 10. The van der Waals surface area contributed by atoms with Crippen LogP contribution in [0.4, 0.5) is 14.6 Å². The Morgan fingerprint density at radius 3 is 2.73 bits per heavy atom. The maximum atomic E-state index is 14.8. The number of benzene rings is 2. The highest BCUT2D eigenvalue weighted by atomic mass is 19.1. The van der Waals surface area contributed by atoms with Gasteiger partial charge < -0.3 is 23.8 Å². The van der Waals surface area contributed by atoms with Crippen molar-refractivity contribution in [3.63, 3.8) is 0 Å². The summed E-state index contributed by atoms with van der Waals surface area (Å²) in [5, 5.41) is 4.85. The van der Waals surface area contributed by atoms with Gasteiger partial charge in [-0.15, -0.1) is 0 Å². The van der Waals surface area contributed by atoms with Crippen LogP contribution in [0.2, 0.25) is 0 Å². The molecule has 0 radical (unpaired) electrons. The number of aryl methyl sites for hydroxylation is 1. The summed E-state index contributed by atoms with van der Waals surface area (Å²) in [4.78, 5) is 40.7. The third-order valence-corrected chi connectivity index (χ3v) is 9.01. The predicted octanol–water partition coefficient (Wildman–Crippen LogP) is 3.72. The summed E-state index contributed by atoms with van der Waals surface area (Å²) in [6.45, 7) is 2.97. The molecule has 3 atom stereocenters. The van der Waals surface area contributed by atoms with Gasteiger partial charge in [0.25, 0.3) is 0 Å². The van der Waals surface area contributed by atoms with Crippen LogP contribution in [-0.2, 0) is 16.1 Å². The Bertz CT molecular complexity index is 2200. The second kappa shape index (κ2) is 11.6. The summed E-state index contributed by atoms with van der Waals surface area (Å²) in [6, 6.07) is 10.5. The first-order chi connectivity index (χ1) is 23.3. The number of hydrogen-bond donors (Lipinski definition) is 0. The Kier molecular flexibility index (Phi) is 7.20. The zero-order valence-electron chi connectivity index (χ0n) is 26.3. The van der Waals surface area contributed by atoms with Crippen molar-refractivity contribution in [1.29, 1.82) is 0 Å². The lowest BCUT2D eigenvalue weighted by atomic mass is 10.1. The molecule has 6 heterocycles. The van der Waals surface area contributed by atoms with Gasteiger partial charge in [0.2, 0.25) is 5.91 Å². The molecule has 48 heavy (non-hydrogen) atoms. The minimum absolute atomic E-state index is 0.0297. The first-order valence-corrected chi connectivity index (χ1v) is 15.4. The minimum Gasteiger partial charge on any atom is -0.458 e. The van der Waals surface area contributed by atoms with Crippen molar-refractivity contribution >= 4 is 33.8 Å². The fourth-order valence-electron chi connectivity index (χ4n) is 6.73. The molecule has 0 aliphatic carbocycles. The van der Waals surface area contributed by atoms with Crippen LogP contribution in [-0.4, -0.2) is 95.6 Å². The summed E-state index contributed by atoms with van der Waals surface area (Å²) in [7, 11) is 3.38. The third kappa shape index (κ3) is 4.97. The smallest absolute Gasteiger partial charge is 0.317 e. The number of anilines is 1. The Balaban J connectivity index is 1.22. The van der Waals surface area contributed by atoms with E-state index in [9.17, 15) is 13.6 Å². The number of aromatic nitrogens is 8. The molecule has 0 saturated carbocycles. The van der Waals surface area contributed by atoms with Crippen LogP contribution in [0, 0.1) is 18.6 Å². The number of carbonyl (C=O) groups excluding carboxylic acids is 1. The van der Waals surface area contributed by atoms with Crippen LogP contribution in [0.3, 0.4) is 0 Å². The van der Waals surface area contributed by atoms with E-state index in [-0.39, 0.29) is 30.3 Å². The topological polar surface area (TPSA) is 129 Å². The van der Waals surface area contributed by atoms with Gasteiger partial charge in [0, 0.05) is 44.9 Å². The number of rotatable bonds is 3. The molecular weight excluding hydrogens is 622 g/mol. The number of methoxy groups -OCH3 is 1. The molecule has 15 heteroatoms. The van der Waals surface area contributed by atoms with Crippen LogP contribution in [0.5, 0.6) is 6.01 Å². The SMILES string of the molecule is CO[C@@H]1CN(C)C(=O)[C@@H]2C[C@@H](CN2c2ncnc3c2cnn3-c2ccc(F)cc2F)Oc2nccc(n2)-c2cccc3nc(C)n(c23)C1. The van der Waals surface area contributed by atoms with Crippen molar-refractivity contribution < 1.29 is 23.0 Å². The Morgan fingerprint density at radius 2 is 1.90 bits per heavy atom. The molecule has 0 spiro atoms. The normalized spacial score (nSPS) is 19.9. The van der Waals surface area contributed by atoms with Gasteiger partial charge in [0.15, 0.2) is 11.5 Å².